The first-order valence-corrected chi connectivity index (χ1v) is 7.25. The van der Waals surface area contributed by atoms with Gasteiger partial charge < -0.3 is 5.32 Å². The maximum absolute atomic E-state index is 12.0. The van der Waals surface area contributed by atoms with Gasteiger partial charge in [0.05, 0.1) is 6.04 Å². The van der Waals surface area contributed by atoms with Crippen molar-refractivity contribution in [2.24, 2.45) is 17.8 Å². The lowest BCUT2D eigenvalue weighted by Crippen LogP contribution is -2.31. The summed E-state index contributed by atoms with van der Waals surface area (Å²) in [5.74, 6) is 1.70. The molecule has 2 aliphatic carbocycles. The lowest BCUT2D eigenvalue weighted by atomic mass is 10.2. The van der Waals surface area contributed by atoms with E-state index in [1.807, 2.05) is 6.92 Å². The summed E-state index contributed by atoms with van der Waals surface area (Å²) in [6.45, 7) is 4.15. The molecular weight excluding hydrogens is 232 g/mol. The van der Waals surface area contributed by atoms with E-state index in [4.69, 9.17) is 0 Å². The molecule has 17 heavy (non-hydrogen) atoms. The summed E-state index contributed by atoms with van der Waals surface area (Å²) < 4.78 is 0. The Morgan fingerprint density at radius 2 is 2.29 bits per heavy atom. The molecule has 3 rings (SSSR count). The first-order valence-electron chi connectivity index (χ1n) is 6.37. The fraction of sp³-hybridized carbons (Fsp3) is 0.692. The standard InChI is InChI=1S/C13H18N2OS/c1-7-5-10(7)12(16)15-11(9-3-4-9)13-14-8(2)6-17-13/h6-7,9-11H,3-5H2,1-2H3,(H,15,16)/t7-,10+,11-/m1/s1. The number of carbonyl (C=O) groups excluding carboxylic acids is 1. The van der Waals surface area contributed by atoms with Gasteiger partial charge in [0.1, 0.15) is 5.01 Å². The van der Waals surface area contributed by atoms with Crippen LogP contribution in [0.1, 0.15) is 42.9 Å². The van der Waals surface area contributed by atoms with Gasteiger partial charge in [0.2, 0.25) is 5.91 Å². The fourth-order valence-electron chi connectivity index (χ4n) is 2.27. The van der Waals surface area contributed by atoms with Crippen LogP contribution in [-0.4, -0.2) is 10.9 Å². The summed E-state index contributed by atoms with van der Waals surface area (Å²) in [6.07, 6.45) is 3.51. The topological polar surface area (TPSA) is 42.0 Å². The molecule has 92 valence electrons. The van der Waals surface area contributed by atoms with Crippen LogP contribution in [0.25, 0.3) is 0 Å². The van der Waals surface area contributed by atoms with Crippen molar-refractivity contribution in [3.05, 3.63) is 16.1 Å². The number of thiazole rings is 1. The lowest BCUT2D eigenvalue weighted by molar-refractivity contribution is -0.123. The highest BCUT2D eigenvalue weighted by Gasteiger charge is 2.42. The summed E-state index contributed by atoms with van der Waals surface area (Å²) >= 11 is 1.68. The smallest absolute Gasteiger partial charge is 0.223 e. The van der Waals surface area contributed by atoms with Crippen LogP contribution in [0.2, 0.25) is 0 Å². The van der Waals surface area contributed by atoms with Gasteiger partial charge in [-0.1, -0.05) is 6.92 Å². The summed E-state index contributed by atoms with van der Waals surface area (Å²) in [4.78, 5) is 16.5. The van der Waals surface area contributed by atoms with E-state index in [0.29, 0.717) is 11.8 Å². The molecule has 0 unspecified atom stereocenters. The Bertz CT molecular complexity index is 438. The summed E-state index contributed by atoms with van der Waals surface area (Å²) in [7, 11) is 0. The molecular formula is C13H18N2OS. The van der Waals surface area contributed by atoms with Gasteiger partial charge in [-0.25, -0.2) is 4.98 Å². The second-order valence-corrected chi connectivity index (χ2v) is 6.36. The number of rotatable bonds is 4. The van der Waals surface area contributed by atoms with Crippen LogP contribution in [0.5, 0.6) is 0 Å². The van der Waals surface area contributed by atoms with Crippen LogP contribution in [0.4, 0.5) is 0 Å². The maximum Gasteiger partial charge on any atom is 0.223 e. The van der Waals surface area contributed by atoms with Gasteiger partial charge in [-0.3, -0.25) is 4.79 Å². The minimum absolute atomic E-state index is 0.175. The average Bonchev–Trinajstić information content (AvgIpc) is 3.18. The Hall–Kier alpha value is -0.900. The Morgan fingerprint density at radius 3 is 2.76 bits per heavy atom. The number of amides is 1. The average molecular weight is 250 g/mol. The van der Waals surface area contributed by atoms with Crippen LogP contribution in [0.15, 0.2) is 5.38 Å². The molecule has 2 fully saturated rings. The van der Waals surface area contributed by atoms with E-state index in [2.05, 4.69) is 22.6 Å². The summed E-state index contributed by atoms with van der Waals surface area (Å²) in [6, 6.07) is 0.175. The van der Waals surface area contributed by atoms with E-state index in [0.717, 1.165) is 17.1 Å². The predicted octanol–water partition coefficient (Wildman–Crippen LogP) is 2.67. The zero-order chi connectivity index (χ0) is 12.0. The van der Waals surface area contributed by atoms with E-state index < -0.39 is 0 Å². The van der Waals surface area contributed by atoms with E-state index in [1.54, 1.807) is 11.3 Å². The molecule has 1 heterocycles. The third-order valence-electron chi connectivity index (χ3n) is 3.74. The molecule has 0 aliphatic heterocycles. The van der Waals surface area contributed by atoms with Crippen molar-refractivity contribution in [2.75, 3.05) is 0 Å². The molecule has 0 aromatic carbocycles. The van der Waals surface area contributed by atoms with Gasteiger partial charge in [-0.05, 0) is 38.0 Å². The SMILES string of the molecule is Cc1csc([C@H](NC(=O)[C@H]2C[C@H]2C)C2CC2)n1. The molecule has 2 saturated carbocycles. The van der Waals surface area contributed by atoms with Gasteiger partial charge in [0, 0.05) is 17.0 Å². The predicted molar refractivity (Wildman–Crippen MR) is 67.7 cm³/mol. The van der Waals surface area contributed by atoms with Crippen LogP contribution in [-0.2, 0) is 4.79 Å². The first-order chi connectivity index (χ1) is 8.15. The molecule has 0 saturated heterocycles. The van der Waals surface area contributed by atoms with Crippen molar-refractivity contribution in [1.29, 1.82) is 0 Å². The third kappa shape index (κ3) is 2.37. The number of nitrogens with zero attached hydrogens (tertiary/aromatic N) is 1. The molecule has 1 aromatic rings. The van der Waals surface area contributed by atoms with Gasteiger partial charge in [-0.15, -0.1) is 11.3 Å². The van der Waals surface area contributed by atoms with Crippen molar-refractivity contribution >= 4 is 17.2 Å². The van der Waals surface area contributed by atoms with Gasteiger partial charge >= 0.3 is 0 Å². The molecule has 1 amide bonds. The van der Waals surface area contributed by atoms with Gasteiger partial charge in [0.25, 0.3) is 0 Å². The normalized spacial score (nSPS) is 28.8. The Balaban J connectivity index is 1.70. The number of carbonyl (C=O) groups is 1. The highest BCUT2D eigenvalue weighted by molar-refractivity contribution is 7.09. The van der Waals surface area contributed by atoms with E-state index in [-0.39, 0.29) is 17.9 Å². The molecule has 0 spiro atoms. The molecule has 4 heteroatoms. The lowest BCUT2D eigenvalue weighted by Gasteiger charge is -2.15. The van der Waals surface area contributed by atoms with Crippen LogP contribution < -0.4 is 5.32 Å². The van der Waals surface area contributed by atoms with Crippen molar-refractivity contribution in [3.8, 4) is 0 Å². The molecule has 1 aromatic heterocycles. The van der Waals surface area contributed by atoms with Gasteiger partial charge in [-0.2, -0.15) is 0 Å². The quantitative estimate of drug-likeness (QED) is 0.892. The Labute approximate surface area is 106 Å². The molecule has 3 atom stereocenters. The summed E-state index contributed by atoms with van der Waals surface area (Å²) in [5, 5.41) is 6.37. The number of hydrogen-bond donors (Lipinski definition) is 1. The van der Waals surface area contributed by atoms with Gasteiger partial charge in [0.15, 0.2) is 0 Å². The van der Waals surface area contributed by atoms with Crippen LogP contribution >= 0.6 is 11.3 Å². The Kier molecular flexibility index (Phi) is 2.69. The zero-order valence-corrected chi connectivity index (χ0v) is 11.1. The molecule has 1 N–H and O–H groups in total. The highest BCUT2D eigenvalue weighted by atomic mass is 32.1. The first kappa shape index (κ1) is 11.2. The molecule has 3 nitrogen and oxygen atoms in total. The fourth-order valence-corrected chi connectivity index (χ4v) is 3.21. The molecule has 0 radical (unpaired) electrons. The van der Waals surface area contributed by atoms with Crippen molar-refractivity contribution in [1.82, 2.24) is 10.3 Å². The Morgan fingerprint density at radius 1 is 1.59 bits per heavy atom. The monoisotopic (exact) mass is 250 g/mol. The van der Waals surface area contributed by atoms with Crippen LogP contribution in [0.3, 0.4) is 0 Å². The number of hydrogen-bond acceptors (Lipinski definition) is 3. The van der Waals surface area contributed by atoms with E-state index in [1.165, 1.54) is 12.8 Å². The van der Waals surface area contributed by atoms with Crippen molar-refractivity contribution in [2.45, 2.75) is 39.2 Å². The highest BCUT2D eigenvalue weighted by Crippen LogP contribution is 2.44. The minimum atomic E-state index is 0.175. The third-order valence-corrected chi connectivity index (χ3v) is 4.79. The van der Waals surface area contributed by atoms with Crippen molar-refractivity contribution in [3.63, 3.8) is 0 Å². The molecule has 0 bridgehead atoms. The van der Waals surface area contributed by atoms with Crippen LogP contribution in [0, 0.1) is 24.7 Å². The second-order valence-electron chi connectivity index (χ2n) is 5.47. The van der Waals surface area contributed by atoms with E-state index >= 15 is 0 Å². The van der Waals surface area contributed by atoms with E-state index in [9.17, 15) is 4.79 Å². The van der Waals surface area contributed by atoms with Crippen molar-refractivity contribution < 1.29 is 4.79 Å². The zero-order valence-electron chi connectivity index (χ0n) is 10.3. The number of nitrogens with one attached hydrogen (secondary N) is 1. The minimum Gasteiger partial charge on any atom is -0.346 e. The largest absolute Gasteiger partial charge is 0.346 e. The maximum atomic E-state index is 12.0. The number of aryl methyl sites for hydroxylation is 1. The molecule has 2 aliphatic rings. The number of aromatic nitrogens is 1. The second kappa shape index (κ2) is 4.09. The summed E-state index contributed by atoms with van der Waals surface area (Å²) in [5.41, 5.74) is 1.06.